The number of hydrogen-bond donors (Lipinski definition) is 0. The Bertz CT molecular complexity index is 1780. The predicted octanol–water partition coefficient (Wildman–Crippen LogP) is 6.13. The molecule has 176 valence electrons. The highest BCUT2D eigenvalue weighted by atomic mass is 16.2. The van der Waals surface area contributed by atoms with Gasteiger partial charge in [-0.1, -0.05) is 42.5 Å². The Morgan fingerprint density at radius 2 is 1.14 bits per heavy atom. The normalized spacial score (nSPS) is 13.1. The Morgan fingerprint density at radius 1 is 0.595 bits per heavy atom. The van der Waals surface area contributed by atoms with Gasteiger partial charge in [-0.2, -0.15) is 0 Å². The van der Waals surface area contributed by atoms with Gasteiger partial charge in [-0.05, 0) is 47.5 Å². The van der Waals surface area contributed by atoms with Crippen molar-refractivity contribution in [3.63, 3.8) is 0 Å². The van der Waals surface area contributed by atoms with Crippen LogP contribution in [0.5, 0.6) is 0 Å². The lowest BCUT2D eigenvalue weighted by atomic mass is 9.96. The van der Waals surface area contributed by atoms with Gasteiger partial charge in [0.05, 0.1) is 27.8 Å². The number of rotatable bonds is 3. The van der Waals surface area contributed by atoms with Crippen molar-refractivity contribution in [1.29, 1.82) is 0 Å². The zero-order chi connectivity index (χ0) is 25.1. The summed E-state index contributed by atoms with van der Waals surface area (Å²) in [5, 5.41) is 2.10. The van der Waals surface area contributed by atoms with Crippen molar-refractivity contribution in [2.75, 3.05) is 7.05 Å². The molecule has 0 spiro atoms. The summed E-state index contributed by atoms with van der Waals surface area (Å²) in [6.45, 7) is 0. The van der Waals surface area contributed by atoms with Crippen molar-refractivity contribution in [2.24, 2.45) is 0 Å². The molecule has 4 heterocycles. The molecule has 0 aliphatic carbocycles. The highest BCUT2D eigenvalue weighted by Gasteiger charge is 2.36. The van der Waals surface area contributed by atoms with Crippen LogP contribution in [-0.2, 0) is 0 Å². The summed E-state index contributed by atoms with van der Waals surface area (Å²) in [6, 6.07) is 25.8. The third-order valence-corrected chi connectivity index (χ3v) is 7.10. The minimum atomic E-state index is -0.294. The van der Waals surface area contributed by atoms with Gasteiger partial charge in [0.15, 0.2) is 0 Å². The van der Waals surface area contributed by atoms with Crippen LogP contribution >= 0.6 is 0 Å². The highest BCUT2D eigenvalue weighted by Crippen LogP contribution is 2.43. The standard InChI is InChI=1S/C31H20N4O2/c1-34-30(36)23-11-4-14-26(29(23)31(34)37)35-24-12-2-9-21(19-7-5-15-32-17-19)27(24)28-22(10-3-13-25(28)35)20-8-6-16-33-18-20/h2-18H,1H3. The van der Waals surface area contributed by atoms with E-state index < -0.39 is 0 Å². The lowest BCUT2D eigenvalue weighted by molar-refractivity contribution is 0.0693. The average Bonchev–Trinajstić information content (AvgIpc) is 3.41. The van der Waals surface area contributed by atoms with E-state index in [1.165, 1.54) is 11.9 Å². The molecule has 3 aromatic carbocycles. The second kappa shape index (κ2) is 7.96. The van der Waals surface area contributed by atoms with Crippen LogP contribution in [0.1, 0.15) is 20.7 Å². The summed E-state index contributed by atoms with van der Waals surface area (Å²) in [5.41, 5.74) is 7.49. The van der Waals surface area contributed by atoms with E-state index in [2.05, 4.69) is 50.9 Å². The molecule has 0 fully saturated rings. The summed E-state index contributed by atoms with van der Waals surface area (Å²) in [4.78, 5) is 36.0. The van der Waals surface area contributed by atoms with Gasteiger partial charge in [-0.3, -0.25) is 24.5 Å². The van der Waals surface area contributed by atoms with Crippen molar-refractivity contribution in [3.8, 4) is 27.9 Å². The van der Waals surface area contributed by atoms with E-state index >= 15 is 0 Å². The van der Waals surface area contributed by atoms with E-state index in [0.717, 1.165) is 44.1 Å². The maximum atomic E-state index is 13.2. The molecule has 0 unspecified atom stereocenters. The molecule has 0 bridgehead atoms. The number of carbonyl (C=O) groups excluding carboxylic acids is 2. The number of imide groups is 1. The Morgan fingerprint density at radius 3 is 1.68 bits per heavy atom. The van der Waals surface area contributed by atoms with Gasteiger partial charge in [0.1, 0.15) is 0 Å². The Hall–Kier alpha value is -5.10. The largest absolute Gasteiger partial charge is 0.308 e. The van der Waals surface area contributed by atoms with Gasteiger partial charge in [0.2, 0.25) is 0 Å². The van der Waals surface area contributed by atoms with Crippen LogP contribution in [0, 0.1) is 0 Å². The molecule has 37 heavy (non-hydrogen) atoms. The van der Waals surface area contributed by atoms with Crippen molar-refractivity contribution in [3.05, 3.63) is 115 Å². The van der Waals surface area contributed by atoms with Crippen LogP contribution < -0.4 is 0 Å². The average molecular weight is 481 g/mol. The summed E-state index contributed by atoms with van der Waals surface area (Å²) in [6.07, 6.45) is 7.25. The zero-order valence-corrected chi connectivity index (χ0v) is 19.9. The number of fused-ring (bicyclic) bond motifs is 4. The first-order valence-corrected chi connectivity index (χ1v) is 12.0. The lowest BCUT2D eigenvalue weighted by Crippen LogP contribution is -2.24. The third-order valence-electron chi connectivity index (χ3n) is 7.10. The molecule has 6 aromatic rings. The highest BCUT2D eigenvalue weighted by molar-refractivity contribution is 6.25. The number of benzene rings is 3. The first-order chi connectivity index (χ1) is 18.1. The Labute approximate surface area is 212 Å². The fraction of sp³-hybridized carbons (Fsp3) is 0.0323. The third kappa shape index (κ3) is 2.99. The van der Waals surface area contributed by atoms with E-state index in [1.807, 2.05) is 48.8 Å². The van der Waals surface area contributed by atoms with Crippen molar-refractivity contribution in [1.82, 2.24) is 19.4 Å². The molecule has 0 saturated heterocycles. The number of hydrogen-bond acceptors (Lipinski definition) is 4. The van der Waals surface area contributed by atoms with E-state index in [0.29, 0.717) is 16.8 Å². The molecule has 3 aromatic heterocycles. The van der Waals surface area contributed by atoms with Gasteiger partial charge in [-0.15, -0.1) is 0 Å². The van der Waals surface area contributed by atoms with Crippen LogP contribution in [-0.4, -0.2) is 38.3 Å². The van der Waals surface area contributed by atoms with E-state index in [9.17, 15) is 9.59 Å². The SMILES string of the molecule is CN1C(=O)c2cccc(-n3c4cccc(-c5cccnc5)c4c4c(-c5cccnc5)cccc43)c2C1=O. The molecule has 0 radical (unpaired) electrons. The molecule has 0 N–H and O–H groups in total. The molecule has 1 aliphatic heterocycles. The second-order valence-corrected chi connectivity index (χ2v) is 9.09. The number of carbonyl (C=O) groups is 2. The molecule has 0 saturated carbocycles. The molecule has 1 aliphatic rings. The van der Waals surface area contributed by atoms with Gasteiger partial charge in [0.25, 0.3) is 11.8 Å². The van der Waals surface area contributed by atoms with E-state index in [4.69, 9.17) is 0 Å². The predicted molar refractivity (Wildman–Crippen MR) is 144 cm³/mol. The van der Waals surface area contributed by atoms with Crippen LogP contribution in [0.25, 0.3) is 49.7 Å². The zero-order valence-electron chi connectivity index (χ0n) is 19.9. The quantitative estimate of drug-likeness (QED) is 0.286. The summed E-state index contributed by atoms with van der Waals surface area (Å²) in [7, 11) is 1.53. The Balaban J connectivity index is 1.68. The molecule has 7 rings (SSSR count). The number of aromatic nitrogens is 3. The summed E-state index contributed by atoms with van der Waals surface area (Å²) < 4.78 is 2.10. The van der Waals surface area contributed by atoms with Crippen molar-refractivity contribution >= 4 is 33.6 Å². The van der Waals surface area contributed by atoms with Gasteiger partial charge in [0, 0.05) is 53.7 Å². The van der Waals surface area contributed by atoms with Gasteiger partial charge < -0.3 is 4.57 Å². The van der Waals surface area contributed by atoms with Crippen molar-refractivity contribution < 1.29 is 9.59 Å². The lowest BCUT2D eigenvalue weighted by Gasteiger charge is -2.12. The molecule has 6 heteroatoms. The van der Waals surface area contributed by atoms with Crippen LogP contribution in [0.15, 0.2) is 104 Å². The number of pyridine rings is 2. The number of nitrogens with zero attached hydrogens (tertiary/aromatic N) is 4. The van der Waals surface area contributed by atoms with E-state index in [-0.39, 0.29) is 11.8 Å². The number of amides is 2. The Kier molecular flexibility index (Phi) is 4.56. The molecular formula is C31H20N4O2. The molecule has 2 amide bonds. The van der Waals surface area contributed by atoms with Gasteiger partial charge >= 0.3 is 0 Å². The first kappa shape index (κ1) is 21.2. The summed E-state index contributed by atoms with van der Waals surface area (Å²) >= 11 is 0. The minimum Gasteiger partial charge on any atom is -0.308 e. The topological polar surface area (TPSA) is 68.1 Å². The second-order valence-electron chi connectivity index (χ2n) is 9.09. The van der Waals surface area contributed by atoms with Crippen LogP contribution in [0.3, 0.4) is 0 Å². The van der Waals surface area contributed by atoms with Gasteiger partial charge in [-0.25, -0.2) is 0 Å². The maximum absolute atomic E-state index is 13.2. The molecule has 0 atom stereocenters. The summed E-state index contributed by atoms with van der Waals surface area (Å²) in [5.74, 6) is -0.577. The van der Waals surface area contributed by atoms with E-state index in [1.54, 1.807) is 18.5 Å². The van der Waals surface area contributed by atoms with Crippen molar-refractivity contribution in [2.45, 2.75) is 0 Å². The molecule has 6 nitrogen and oxygen atoms in total. The fourth-order valence-electron chi connectivity index (χ4n) is 5.46. The fourth-order valence-corrected chi connectivity index (χ4v) is 5.46. The first-order valence-electron chi connectivity index (χ1n) is 12.0. The molecular weight excluding hydrogens is 460 g/mol. The van der Waals surface area contributed by atoms with Crippen LogP contribution in [0.4, 0.5) is 0 Å². The minimum absolute atomic E-state index is 0.283. The monoisotopic (exact) mass is 480 g/mol. The smallest absolute Gasteiger partial charge is 0.263 e. The maximum Gasteiger partial charge on any atom is 0.263 e. The van der Waals surface area contributed by atoms with Crippen LogP contribution in [0.2, 0.25) is 0 Å².